The molecule has 2 aromatic heterocycles. The number of aromatic nitrogens is 3. The molecule has 1 aliphatic heterocycles. The summed E-state index contributed by atoms with van der Waals surface area (Å²) < 4.78 is 15.2. The van der Waals surface area contributed by atoms with Gasteiger partial charge in [0, 0.05) is 30.4 Å². The van der Waals surface area contributed by atoms with Gasteiger partial charge >= 0.3 is 0 Å². The predicted molar refractivity (Wildman–Crippen MR) is 92.7 cm³/mol. The number of pyridine rings is 1. The van der Waals surface area contributed by atoms with E-state index in [2.05, 4.69) is 10.1 Å². The van der Waals surface area contributed by atoms with Crippen LogP contribution in [0.3, 0.4) is 0 Å². The van der Waals surface area contributed by atoms with Crippen molar-refractivity contribution in [1.82, 2.24) is 19.7 Å². The first-order valence-electron chi connectivity index (χ1n) is 8.47. The Labute approximate surface area is 145 Å². The summed E-state index contributed by atoms with van der Waals surface area (Å²) in [5.41, 5.74) is 1.79. The maximum Gasteiger partial charge on any atom is 0.256 e. The first kappa shape index (κ1) is 15.7. The van der Waals surface area contributed by atoms with Crippen LogP contribution in [0.1, 0.15) is 28.9 Å². The van der Waals surface area contributed by atoms with Gasteiger partial charge in [-0.3, -0.25) is 14.5 Å². The number of aryl methyl sites for hydroxylation is 1. The van der Waals surface area contributed by atoms with Crippen molar-refractivity contribution in [2.45, 2.75) is 32.4 Å². The number of rotatable bonds is 3. The summed E-state index contributed by atoms with van der Waals surface area (Å²) in [6, 6.07) is 8.30. The van der Waals surface area contributed by atoms with Gasteiger partial charge in [0.15, 0.2) is 0 Å². The number of nitrogens with zero attached hydrogens (tertiary/aromatic N) is 4. The molecule has 1 aromatic carbocycles. The van der Waals surface area contributed by atoms with Crippen LogP contribution in [0.5, 0.6) is 0 Å². The molecule has 1 atom stereocenters. The van der Waals surface area contributed by atoms with Crippen LogP contribution >= 0.6 is 0 Å². The Balaban J connectivity index is 1.64. The number of hydrogen-bond donors (Lipinski definition) is 0. The maximum absolute atomic E-state index is 13.4. The number of hydrogen-bond acceptors (Lipinski definition) is 3. The average molecular weight is 338 g/mol. The van der Waals surface area contributed by atoms with E-state index in [9.17, 15) is 9.18 Å². The highest BCUT2D eigenvalue weighted by atomic mass is 19.1. The second-order valence-electron chi connectivity index (χ2n) is 6.48. The molecule has 1 amide bonds. The van der Waals surface area contributed by atoms with Crippen LogP contribution in [0.4, 0.5) is 4.39 Å². The van der Waals surface area contributed by atoms with E-state index in [0.29, 0.717) is 23.3 Å². The lowest BCUT2D eigenvalue weighted by atomic mass is 10.1. The number of carbonyl (C=O) groups is 1. The number of likely N-dealkylation sites (tertiary alicyclic amines) is 1. The smallest absolute Gasteiger partial charge is 0.256 e. The minimum Gasteiger partial charge on any atom is -0.334 e. The Hall–Kier alpha value is -2.76. The van der Waals surface area contributed by atoms with E-state index in [1.165, 1.54) is 12.1 Å². The molecule has 0 bridgehead atoms. The van der Waals surface area contributed by atoms with Gasteiger partial charge in [-0.25, -0.2) is 4.39 Å². The van der Waals surface area contributed by atoms with Crippen LogP contribution in [-0.4, -0.2) is 38.2 Å². The molecule has 0 radical (unpaired) electrons. The second-order valence-corrected chi connectivity index (χ2v) is 6.48. The standard InChI is InChI=1S/C19H19FN4O/c1-13-17(10-14-5-6-15(20)11-18(14)22-13)19(25)24-9-2-4-16(24)12-23-8-3-7-21-23/h3,5-8,10-11,16H,2,4,9,12H2,1H3. The largest absolute Gasteiger partial charge is 0.334 e. The van der Waals surface area contributed by atoms with Crippen molar-refractivity contribution in [3.63, 3.8) is 0 Å². The van der Waals surface area contributed by atoms with E-state index in [1.54, 1.807) is 19.2 Å². The fourth-order valence-corrected chi connectivity index (χ4v) is 3.53. The first-order valence-corrected chi connectivity index (χ1v) is 8.47. The Morgan fingerprint density at radius 3 is 3.04 bits per heavy atom. The minimum absolute atomic E-state index is 0.00844. The van der Waals surface area contributed by atoms with Crippen molar-refractivity contribution in [3.8, 4) is 0 Å². The lowest BCUT2D eigenvalue weighted by Gasteiger charge is -2.25. The molecule has 6 heteroatoms. The van der Waals surface area contributed by atoms with Crippen molar-refractivity contribution in [2.75, 3.05) is 6.54 Å². The van der Waals surface area contributed by atoms with Crippen molar-refractivity contribution in [2.24, 2.45) is 0 Å². The lowest BCUT2D eigenvalue weighted by molar-refractivity contribution is 0.0720. The normalized spacial score (nSPS) is 17.4. The van der Waals surface area contributed by atoms with Gasteiger partial charge < -0.3 is 4.90 Å². The third-order valence-electron chi connectivity index (χ3n) is 4.80. The number of halogens is 1. The second kappa shape index (κ2) is 6.27. The van der Waals surface area contributed by atoms with Crippen LogP contribution < -0.4 is 0 Å². The van der Waals surface area contributed by atoms with Crippen molar-refractivity contribution in [1.29, 1.82) is 0 Å². The maximum atomic E-state index is 13.4. The number of carbonyl (C=O) groups excluding carboxylic acids is 1. The molecule has 0 spiro atoms. The summed E-state index contributed by atoms with van der Waals surface area (Å²) in [4.78, 5) is 19.4. The van der Waals surface area contributed by atoms with Crippen LogP contribution in [0.2, 0.25) is 0 Å². The molecule has 1 aliphatic rings. The minimum atomic E-state index is -0.322. The highest BCUT2D eigenvalue weighted by Crippen LogP contribution is 2.24. The molecule has 4 rings (SSSR count). The van der Waals surface area contributed by atoms with E-state index in [4.69, 9.17) is 0 Å². The fourth-order valence-electron chi connectivity index (χ4n) is 3.53. The van der Waals surface area contributed by atoms with Gasteiger partial charge in [0.05, 0.1) is 29.4 Å². The topological polar surface area (TPSA) is 51.0 Å². The zero-order valence-corrected chi connectivity index (χ0v) is 14.0. The average Bonchev–Trinajstić information content (AvgIpc) is 3.26. The molecule has 1 saturated heterocycles. The summed E-state index contributed by atoms with van der Waals surface area (Å²) >= 11 is 0. The molecule has 0 N–H and O–H groups in total. The van der Waals surface area contributed by atoms with Crippen LogP contribution in [-0.2, 0) is 6.54 Å². The summed E-state index contributed by atoms with van der Waals surface area (Å²) in [6.07, 6.45) is 5.62. The Bertz CT molecular complexity index is 923. The quantitative estimate of drug-likeness (QED) is 0.737. The predicted octanol–water partition coefficient (Wildman–Crippen LogP) is 3.18. The van der Waals surface area contributed by atoms with E-state index >= 15 is 0 Å². The van der Waals surface area contributed by atoms with E-state index in [1.807, 2.05) is 27.9 Å². The molecule has 128 valence electrons. The van der Waals surface area contributed by atoms with Crippen molar-refractivity contribution < 1.29 is 9.18 Å². The third-order valence-corrected chi connectivity index (χ3v) is 4.80. The number of amides is 1. The van der Waals surface area contributed by atoms with Crippen LogP contribution in [0.15, 0.2) is 42.7 Å². The molecule has 1 unspecified atom stereocenters. The van der Waals surface area contributed by atoms with Gasteiger partial charge in [-0.05, 0) is 44.0 Å². The molecule has 0 saturated carbocycles. The summed E-state index contributed by atoms with van der Waals surface area (Å²) in [5.74, 6) is -0.330. The SMILES string of the molecule is Cc1nc2cc(F)ccc2cc1C(=O)N1CCCC1Cn1cccn1. The molecular formula is C19H19FN4O. The first-order chi connectivity index (χ1) is 12.1. The number of fused-ring (bicyclic) bond motifs is 1. The van der Waals surface area contributed by atoms with Gasteiger partial charge in [-0.15, -0.1) is 0 Å². The zero-order valence-electron chi connectivity index (χ0n) is 14.0. The van der Waals surface area contributed by atoms with Crippen LogP contribution in [0, 0.1) is 12.7 Å². The highest BCUT2D eigenvalue weighted by molar-refractivity contribution is 5.99. The summed E-state index contributed by atoms with van der Waals surface area (Å²) in [5, 5.41) is 5.02. The molecule has 1 fully saturated rings. The molecule has 25 heavy (non-hydrogen) atoms. The van der Waals surface area contributed by atoms with Crippen LogP contribution in [0.25, 0.3) is 10.9 Å². The molecule has 3 heterocycles. The van der Waals surface area contributed by atoms with E-state index in [0.717, 1.165) is 24.8 Å². The summed E-state index contributed by atoms with van der Waals surface area (Å²) in [6.45, 7) is 3.24. The molecule has 3 aromatic rings. The number of benzene rings is 1. The Morgan fingerprint density at radius 2 is 2.24 bits per heavy atom. The highest BCUT2D eigenvalue weighted by Gasteiger charge is 2.30. The van der Waals surface area contributed by atoms with E-state index in [-0.39, 0.29) is 17.8 Å². The van der Waals surface area contributed by atoms with Gasteiger partial charge in [0.25, 0.3) is 5.91 Å². The van der Waals surface area contributed by atoms with Gasteiger partial charge in [-0.2, -0.15) is 5.10 Å². The summed E-state index contributed by atoms with van der Waals surface area (Å²) in [7, 11) is 0. The van der Waals surface area contributed by atoms with Gasteiger partial charge in [0.2, 0.25) is 0 Å². The fraction of sp³-hybridized carbons (Fsp3) is 0.316. The van der Waals surface area contributed by atoms with E-state index < -0.39 is 0 Å². The lowest BCUT2D eigenvalue weighted by Crippen LogP contribution is -2.38. The molecular weight excluding hydrogens is 319 g/mol. The van der Waals surface area contributed by atoms with Crippen molar-refractivity contribution in [3.05, 3.63) is 59.8 Å². The zero-order chi connectivity index (χ0) is 17.4. The van der Waals surface area contributed by atoms with Gasteiger partial charge in [0.1, 0.15) is 5.82 Å². The molecule has 0 aliphatic carbocycles. The third kappa shape index (κ3) is 2.99. The Kier molecular flexibility index (Phi) is 3.95. The molecule has 5 nitrogen and oxygen atoms in total. The van der Waals surface area contributed by atoms with Crippen molar-refractivity contribution >= 4 is 16.8 Å². The monoisotopic (exact) mass is 338 g/mol. The Morgan fingerprint density at radius 1 is 1.36 bits per heavy atom. The van der Waals surface area contributed by atoms with Gasteiger partial charge in [-0.1, -0.05) is 0 Å².